The molecule has 0 N–H and O–H groups in total. The van der Waals surface area contributed by atoms with E-state index in [1.165, 1.54) is 11.1 Å². The number of benzene rings is 1. The van der Waals surface area contributed by atoms with Gasteiger partial charge in [-0.05, 0) is 65.0 Å². The van der Waals surface area contributed by atoms with Crippen molar-refractivity contribution in [2.75, 3.05) is 27.2 Å². The zero-order valence-electron chi connectivity index (χ0n) is 12.5. The van der Waals surface area contributed by atoms with E-state index < -0.39 is 0 Å². The molecule has 0 fully saturated rings. The monoisotopic (exact) mass is 263 g/mol. The SMILES string of the molecule is CCOc1cc2c(cc1CCCN(C)C)OC(C)C2. The van der Waals surface area contributed by atoms with Crippen LogP contribution >= 0.6 is 0 Å². The van der Waals surface area contributed by atoms with Gasteiger partial charge in [-0.25, -0.2) is 0 Å². The Labute approximate surface area is 116 Å². The second-order valence-electron chi connectivity index (χ2n) is 5.54. The first-order valence-corrected chi connectivity index (χ1v) is 7.20. The summed E-state index contributed by atoms with van der Waals surface area (Å²) in [5.41, 5.74) is 2.56. The molecule has 106 valence electrons. The Bertz CT molecular complexity index is 429. The molecule has 0 aliphatic carbocycles. The molecule has 0 spiro atoms. The van der Waals surface area contributed by atoms with Crippen molar-refractivity contribution in [3.63, 3.8) is 0 Å². The van der Waals surface area contributed by atoms with E-state index in [9.17, 15) is 0 Å². The zero-order chi connectivity index (χ0) is 13.8. The Hall–Kier alpha value is -1.22. The van der Waals surface area contributed by atoms with Crippen LogP contribution in [0.1, 0.15) is 31.4 Å². The van der Waals surface area contributed by atoms with Gasteiger partial charge in [-0.3, -0.25) is 0 Å². The number of rotatable bonds is 6. The maximum Gasteiger partial charge on any atom is 0.123 e. The van der Waals surface area contributed by atoms with E-state index in [-0.39, 0.29) is 0 Å². The van der Waals surface area contributed by atoms with Crippen molar-refractivity contribution >= 4 is 0 Å². The van der Waals surface area contributed by atoms with E-state index in [2.05, 4.69) is 38.1 Å². The highest BCUT2D eigenvalue weighted by Gasteiger charge is 2.21. The lowest BCUT2D eigenvalue weighted by atomic mass is 10.0. The lowest BCUT2D eigenvalue weighted by molar-refractivity contribution is 0.254. The van der Waals surface area contributed by atoms with Gasteiger partial charge in [0.2, 0.25) is 0 Å². The average Bonchev–Trinajstić information content (AvgIpc) is 2.68. The zero-order valence-corrected chi connectivity index (χ0v) is 12.5. The molecule has 0 radical (unpaired) electrons. The second kappa shape index (κ2) is 6.29. The molecule has 1 aliphatic rings. The van der Waals surface area contributed by atoms with Gasteiger partial charge < -0.3 is 14.4 Å². The molecule has 0 saturated heterocycles. The van der Waals surface area contributed by atoms with E-state index in [0.29, 0.717) is 6.10 Å². The molecule has 0 saturated carbocycles. The van der Waals surface area contributed by atoms with Gasteiger partial charge in [0, 0.05) is 12.0 Å². The number of fused-ring (bicyclic) bond motifs is 1. The summed E-state index contributed by atoms with van der Waals surface area (Å²) >= 11 is 0. The first kappa shape index (κ1) is 14.2. The first-order valence-electron chi connectivity index (χ1n) is 7.20. The Morgan fingerprint density at radius 2 is 2.16 bits per heavy atom. The van der Waals surface area contributed by atoms with Crippen molar-refractivity contribution < 1.29 is 9.47 Å². The summed E-state index contributed by atoms with van der Waals surface area (Å²) in [5, 5.41) is 0. The molecule has 1 atom stereocenters. The van der Waals surface area contributed by atoms with Crippen LogP contribution in [0.2, 0.25) is 0 Å². The van der Waals surface area contributed by atoms with Crippen LogP contribution in [0.25, 0.3) is 0 Å². The van der Waals surface area contributed by atoms with Crippen molar-refractivity contribution in [2.24, 2.45) is 0 Å². The Morgan fingerprint density at radius 1 is 1.37 bits per heavy atom. The lowest BCUT2D eigenvalue weighted by Crippen LogP contribution is -2.13. The summed E-state index contributed by atoms with van der Waals surface area (Å²) in [6.45, 7) is 5.97. The number of nitrogens with zero attached hydrogens (tertiary/aromatic N) is 1. The van der Waals surface area contributed by atoms with E-state index in [1.54, 1.807) is 0 Å². The topological polar surface area (TPSA) is 21.7 Å². The molecule has 0 aromatic heterocycles. The van der Waals surface area contributed by atoms with Crippen LogP contribution in [-0.2, 0) is 12.8 Å². The van der Waals surface area contributed by atoms with Gasteiger partial charge in [-0.1, -0.05) is 0 Å². The molecular formula is C16H25NO2. The molecule has 1 heterocycles. The maximum atomic E-state index is 5.84. The van der Waals surface area contributed by atoms with Crippen LogP contribution in [-0.4, -0.2) is 38.3 Å². The molecular weight excluding hydrogens is 238 g/mol. The van der Waals surface area contributed by atoms with Crippen LogP contribution in [0.15, 0.2) is 12.1 Å². The predicted molar refractivity (Wildman–Crippen MR) is 78.3 cm³/mol. The summed E-state index contributed by atoms with van der Waals surface area (Å²) in [6, 6.07) is 4.35. The largest absolute Gasteiger partial charge is 0.494 e. The highest BCUT2D eigenvalue weighted by molar-refractivity contribution is 5.48. The van der Waals surface area contributed by atoms with Crippen molar-refractivity contribution in [1.29, 1.82) is 0 Å². The maximum absolute atomic E-state index is 5.84. The minimum absolute atomic E-state index is 0.293. The lowest BCUT2D eigenvalue weighted by Gasteiger charge is -2.14. The van der Waals surface area contributed by atoms with Crippen molar-refractivity contribution in [3.05, 3.63) is 23.3 Å². The van der Waals surface area contributed by atoms with E-state index in [4.69, 9.17) is 9.47 Å². The Balaban J connectivity index is 2.13. The molecule has 1 aromatic carbocycles. The summed E-state index contributed by atoms with van der Waals surface area (Å²) in [5.74, 6) is 2.09. The van der Waals surface area contributed by atoms with Crippen LogP contribution in [0.3, 0.4) is 0 Å². The van der Waals surface area contributed by atoms with Gasteiger partial charge in [0.25, 0.3) is 0 Å². The first-order chi connectivity index (χ1) is 9.10. The predicted octanol–water partition coefficient (Wildman–Crippen LogP) is 2.90. The standard InChI is InChI=1S/C16H25NO2/c1-5-18-15-11-14-9-12(2)19-16(14)10-13(15)7-6-8-17(3)4/h10-12H,5-9H2,1-4H3. The third kappa shape index (κ3) is 3.63. The fourth-order valence-electron chi connectivity index (χ4n) is 2.55. The number of ether oxygens (including phenoxy) is 2. The quantitative estimate of drug-likeness (QED) is 0.787. The molecule has 3 nitrogen and oxygen atoms in total. The van der Waals surface area contributed by atoms with Gasteiger partial charge >= 0.3 is 0 Å². The van der Waals surface area contributed by atoms with Gasteiger partial charge in [0.1, 0.15) is 17.6 Å². The molecule has 0 amide bonds. The normalized spacial score (nSPS) is 17.4. The van der Waals surface area contributed by atoms with Crippen molar-refractivity contribution in [2.45, 2.75) is 39.2 Å². The van der Waals surface area contributed by atoms with Gasteiger partial charge in [-0.2, -0.15) is 0 Å². The fourth-order valence-corrected chi connectivity index (χ4v) is 2.55. The molecule has 1 aromatic rings. The summed E-state index contributed by atoms with van der Waals surface area (Å²) in [7, 11) is 4.22. The van der Waals surface area contributed by atoms with Crippen molar-refractivity contribution in [1.82, 2.24) is 4.90 Å². The number of hydrogen-bond donors (Lipinski definition) is 0. The second-order valence-corrected chi connectivity index (χ2v) is 5.54. The average molecular weight is 263 g/mol. The summed E-state index contributed by atoms with van der Waals surface area (Å²) in [6.07, 6.45) is 3.47. The van der Waals surface area contributed by atoms with Gasteiger partial charge in [-0.15, -0.1) is 0 Å². The Morgan fingerprint density at radius 3 is 2.84 bits per heavy atom. The van der Waals surface area contributed by atoms with Crippen LogP contribution < -0.4 is 9.47 Å². The third-order valence-electron chi connectivity index (χ3n) is 3.43. The summed E-state index contributed by atoms with van der Waals surface area (Å²) < 4.78 is 11.6. The van der Waals surface area contributed by atoms with E-state index in [0.717, 1.165) is 43.9 Å². The minimum Gasteiger partial charge on any atom is -0.494 e. The van der Waals surface area contributed by atoms with Crippen LogP contribution in [0.4, 0.5) is 0 Å². The number of hydrogen-bond acceptors (Lipinski definition) is 3. The van der Waals surface area contributed by atoms with Gasteiger partial charge in [0.05, 0.1) is 6.61 Å². The van der Waals surface area contributed by atoms with Crippen LogP contribution in [0, 0.1) is 0 Å². The molecule has 2 rings (SSSR count). The Kier molecular flexibility index (Phi) is 4.70. The highest BCUT2D eigenvalue weighted by Crippen LogP contribution is 2.35. The molecule has 1 aliphatic heterocycles. The third-order valence-corrected chi connectivity index (χ3v) is 3.43. The molecule has 0 bridgehead atoms. The smallest absolute Gasteiger partial charge is 0.123 e. The molecule has 3 heteroatoms. The molecule has 1 unspecified atom stereocenters. The molecule has 19 heavy (non-hydrogen) atoms. The fraction of sp³-hybridized carbons (Fsp3) is 0.625. The van der Waals surface area contributed by atoms with E-state index >= 15 is 0 Å². The van der Waals surface area contributed by atoms with E-state index in [1.807, 2.05) is 6.92 Å². The summed E-state index contributed by atoms with van der Waals surface area (Å²) in [4.78, 5) is 2.21. The number of aryl methyl sites for hydroxylation is 1. The minimum atomic E-state index is 0.293. The van der Waals surface area contributed by atoms with Crippen molar-refractivity contribution in [3.8, 4) is 11.5 Å². The van der Waals surface area contributed by atoms with Crippen LogP contribution in [0.5, 0.6) is 11.5 Å². The van der Waals surface area contributed by atoms with Gasteiger partial charge in [0.15, 0.2) is 0 Å². The highest BCUT2D eigenvalue weighted by atomic mass is 16.5.